The maximum atomic E-state index is 13.1. The maximum absolute atomic E-state index is 13.1. The summed E-state index contributed by atoms with van der Waals surface area (Å²) in [4.78, 5) is 14.0. The highest BCUT2D eigenvalue weighted by Crippen LogP contribution is 2.38. The number of benzene rings is 2. The molecule has 0 bridgehead atoms. The minimum atomic E-state index is -4.49. The lowest BCUT2D eigenvalue weighted by Gasteiger charge is -2.36. The Hall–Kier alpha value is -3.35. The molecule has 0 fully saturated rings. The molecule has 10 heteroatoms. The van der Waals surface area contributed by atoms with Crippen molar-refractivity contribution in [2.24, 2.45) is 0 Å². The molecule has 2 heterocycles. The molecular formula is C22H13ClF3N3O2S. The lowest BCUT2D eigenvalue weighted by molar-refractivity contribution is -0.137. The molecule has 0 saturated carbocycles. The molecule has 5 nitrogen and oxygen atoms in total. The van der Waals surface area contributed by atoms with Crippen LogP contribution in [-0.2, 0) is 11.0 Å². The van der Waals surface area contributed by atoms with E-state index in [1.807, 2.05) is 6.07 Å². The summed E-state index contributed by atoms with van der Waals surface area (Å²) < 4.78 is 45.0. The van der Waals surface area contributed by atoms with E-state index in [1.54, 1.807) is 35.2 Å². The van der Waals surface area contributed by atoms with Crippen molar-refractivity contribution in [2.75, 3.05) is 4.90 Å². The number of alkyl halides is 3. The number of hydrogen-bond donors (Lipinski definition) is 2. The molecule has 1 aromatic heterocycles. The van der Waals surface area contributed by atoms with Crippen molar-refractivity contribution in [3.63, 3.8) is 0 Å². The Labute approximate surface area is 191 Å². The molecule has 162 valence electrons. The first-order valence-electron chi connectivity index (χ1n) is 9.15. The van der Waals surface area contributed by atoms with Gasteiger partial charge in [0.25, 0.3) is 5.91 Å². The molecule has 2 aromatic carbocycles. The number of rotatable bonds is 3. The van der Waals surface area contributed by atoms with Gasteiger partial charge in [-0.25, -0.2) is 0 Å². The molecule has 1 aliphatic heterocycles. The van der Waals surface area contributed by atoms with Gasteiger partial charge < -0.3 is 14.6 Å². The first-order chi connectivity index (χ1) is 15.2. The van der Waals surface area contributed by atoms with Gasteiger partial charge in [0.15, 0.2) is 6.17 Å². The molecule has 0 aliphatic carbocycles. The minimum absolute atomic E-state index is 0.0978. The van der Waals surface area contributed by atoms with Crippen LogP contribution >= 0.6 is 24.2 Å². The number of hydrogen-bond acceptors (Lipinski definition) is 5. The Morgan fingerprint density at radius 2 is 1.84 bits per heavy atom. The van der Waals surface area contributed by atoms with Gasteiger partial charge in [0.1, 0.15) is 23.2 Å². The van der Waals surface area contributed by atoms with E-state index >= 15 is 0 Å². The summed E-state index contributed by atoms with van der Waals surface area (Å²) in [6.07, 6.45) is -5.39. The van der Waals surface area contributed by atoms with E-state index in [0.717, 1.165) is 12.1 Å². The Morgan fingerprint density at radius 1 is 1.12 bits per heavy atom. The summed E-state index contributed by atoms with van der Waals surface area (Å²) >= 11 is 10.3. The van der Waals surface area contributed by atoms with Gasteiger partial charge in [0.05, 0.1) is 10.6 Å². The van der Waals surface area contributed by atoms with Gasteiger partial charge in [-0.1, -0.05) is 23.7 Å². The summed E-state index contributed by atoms with van der Waals surface area (Å²) in [6.45, 7) is 0. The van der Waals surface area contributed by atoms with Crippen LogP contribution in [0, 0.1) is 11.3 Å². The Balaban J connectivity index is 1.76. The predicted molar refractivity (Wildman–Crippen MR) is 116 cm³/mol. The van der Waals surface area contributed by atoms with Crippen LogP contribution in [0.25, 0.3) is 11.3 Å². The largest absolute Gasteiger partial charge is 0.457 e. The fourth-order valence-electron chi connectivity index (χ4n) is 3.28. The number of anilines is 1. The summed E-state index contributed by atoms with van der Waals surface area (Å²) in [5, 5.41) is 12.6. The Morgan fingerprint density at radius 3 is 2.50 bits per heavy atom. The molecule has 0 radical (unpaired) electrons. The number of furan rings is 1. The third-order valence-electron chi connectivity index (χ3n) is 4.79. The second-order valence-electron chi connectivity index (χ2n) is 6.81. The first-order valence-corrected chi connectivity index (χ1v) is 9.98. The second kappa shape index (κ2) is 8.30. The number of carbonyl (C=O) groups excluding carboxylic acids is 1. The molecule has 0 saturated heterocycles. The zero-order valence-corrected chi connectivity index (χ0v) is 17.7. The second-order valence-corrected chi connectivity index (χ2v) is 7.67. The van der Waals surface area contributed by atoms with Gasteiger partial charge in [-0.15, -0.1) is 12.6 Å². The lowest BCUT2D eigenvalue weighted by Crippen LogP contribution is -2.45. The molecule has 32 heavy (non-hydrogen) atoms. The summed E-state index contributed by atoms with van der Waals surface area (Å²) in [6, 6.07) is 16.2. The highest BCUT2D eigenvalue weighted by atomic mass is 35.5. The van der Waals surface area contributed by atoms with Crippen molar-refractivity contribution in [1.29, 1.82) is 5.26 Å². The number of nitrogens with one attached hydrogen (secondary N) is 1. The van der Waals surface area contributed by atoms with E-state index in [0.29, 0.717) is 10.7 Å². The van der Waals surface area contributed by atoms with E-state index in [2.05, 4.69) is 17.9 Å². The van der Waals surface area contributed by atoms with Crippen LogP contribution in [0.15, 0.2) is 75.7 Å². The van der Waals surface area contributed by atoms with Gasteiger partial charge in [0, 0.05) is 16.3 Å². The van der Waals surface area contributed by atoms with Crippen molar-refractivity contribution in [2.45, 2.75) is 12.3 Å². The van der Waals surface area contributed by atoms with E-state index in [9.17, 15) is 23.2 Å². The van der Waals surface area contributed by atoms with Crippen LogP contribution in [0.3, 0.4) is 0 Å². The number of carbonyl (C=O) groups is 1. The fourth-order valence-corrected chi connectivity index (χ4v) is 3.79. The van der Waals surface area contributed by atoms with Crippen LogP contribution in [-0.4, -0.2) is 5.91 Å². The number of halogens is 4. The molecule has 1 amide bonds. The summed E-state index contributed by atoms with van der Waals surface area (Å²) in [7, 11) is 0. The highest BCUT2D eigenvalue weighted by molar-refractivity contribution is 7.84. The molecule has 3 aromatic rings. The quantitative estimate of drug-likeness (QED) is 0.461. The van der Waals surface area contributed by atoms with Crippen LogP contribution < -0.4 is 10.2 Å². The monoisotopic (exact) mass is 475 g/mol. The maximum Gasteiger partial charge on any atom is 0.416 e. The number of amides is 1. The molecule has 1 unspecified atom stereocenters. The van der Waals surface area contributed by atoms with Gasteiger partial charge in [0.2, 0.25) is 0 Å². The Bertz CT molecular complexity index is 1260. The molecule has 4 rings (SSSR count). The molecule has 1 aliphatic rings. The molecular weight excluding hydrogens is 463 g/mol. The summed E-state index contributed by atoms with van der Waals surface area (Å²) in [5.41, 5.74) is -0.204. The number of nitrogens with zero attached hydrogens (tertiary/aromatic N) is 2. The predicted octanol–water partition coefficient (Wildman–Crippen LogP) is 5.92. The standard InChI is InChI=1S/C22H13ClF3N3O2S/c23-14-4-6-15(7-5-14)29-19(28-20(30)16(11-27)21(29)32)18-9-8-17(31-18)12-2-1-3-13(10-12)22(24,25)26/h1-10,19,32H,(H,28,30). The minimum Gasteiger partial charge on any atom is -0.457 e. The van der Waals surface area contributed by atoms with Crippen LogP contribution in [0.5, 0.6) is 0 Å². The highest BCUT2D eigenvalue weighted by Gasteiger charge is 2.36. The van der Waals surface area contributed by atoms with Gasteiger partial charge >= 0.3 is 6.18 Å². The van der Waals surface area contributed by atoms with Crippen molar-refractivity contribution in [3.8, 4) is 17.4 Å². The van der Waals surface area contributed by atoms with Gasteiger partial charge in [-0.3, -0.25) is 4.79 Å². The third kappa shape index (κ3) is 4.07. The smallest absolute Gasteiger partial charge is 0.416 e. The molecule has 0 spiro atoms. The number of nitriles is 1. The zero-order chi connectivity index (χ0) is 23.0. The average molecular weight is 476 g/mol. The van der Waals surface area contributed by atoms with Crippen molar-refractivity contribution in [1.82, 2.24) is 5.32 Å². The van der Waals surface area contributed by atoms with Crippen molar-refractivity contribution in [3.05, 3.63) is 87.6 Å². The Kier molecular flexibility index (Phi) is 5.67. The molecule has 1 N–H and O–H groups in total. The number of thiol groups is 1. The van der Waals surface area contributed by atoms with E-state index in [1.165, 1.54) is 18.2 Å². The van der Waals surface area contributed by atoms with Crippen LogP contribution in [0.2, 0.25) is 5.02 Å². The van der Waals surface area contributed by atoms with Crippen molar-refractivity contribution >= 4 is 35.8 Å². The van der Waals surface area contributed by atoms with Gasteiger partial charge in [-0.05, 0) is 48.5 Å². The van der Waals surface area contributed by atoms with Crippen molar-refractivity contribution < 1.29 is 22.4 Å². The zero-order valence-electron chi connectivity index (χ0n) is 16.0. The van der Waals surface area contributed by atoms with E-state index in [4.69, 9.17) is 16.0 Å². The summed E-state index contributed by atoms with van der Waals surface area (Å²) in [5.74, 6) is -0.221. The SMILES string of the molecule is N#CC1=C(S)N(c2ccc(Cl)cc2)C(c2ccc(-c3cccc(C(F)(F)F)c3)o2)NC1=O. The fraction of sp³-hybridized carbons (Fsp3) is 0.0909. The van der Waals surface area contributed by atoms with Crippen LogP contribution in [0.4, 0.5) is 18.9 Å². The molecule has 1 atom stereocenters. The van der Waals surface area contributed by atoms with Crippen LogP contribution in [0.1, 0.15) is 17.5 Å². The topological polar surface area (TPSA) is 69.3 Å². The first kappa shape index (κ1) is 21.9. The normalized spacial score (nSPS) is 16.7. The van der Waals surface area contributed by atoms with E-state index in [-0.39, 0.29) is 27.7 Å². The average Bonchev–Trinajstić information content (AvgIpc) is 3.24. The third-order valence-corrected chi connectivity index (χ3v) is 5.48. The lowest BCUT2D eigenvalue weighted by atomic mass is 10.1. The van der Waals surface area contributed by atoms with Gasteiger partial charge in [-0.2, -0.15) is 18.4 Å². The van der Waals surface area contributed by atoms with E-state index < -0.39 is 23.8 Å².